The molecule has 0 fully saturated rings. The summed E-state index contributed by atoms with van der Waals surface area (Å²) in [4.78, 5) is 36.3. The maximum atomic E-state index is 13.1. The second kappa shape index (κ2) is 10.6. The van der Waals surface area contributed by atoms with Crippen molar-refractivity contribution in [3.8, 4) is 6.07 Å². The first kappa shape index (κ1) is 22.4. The smallest absolute Gasteiger partial charge is 0.410 e. The van der Waals surface area contributed by atoms with Crippen molar-refractivity contribution in [2.24, 2.45) is 5.73 Å². The summed E-state index contributed by atoms with van der Waals surface area (Å²) in [7, 11) is 1.36. The Hall–Kier alpha value is -3.93. The molecule has 0 saturated carbocycles. The second-order valence-electron chi connectivity index (χ2n) is 6.36. The van der Waals surface area contributed by atoms with Gasteiger partial charge in [-0.2, -0.15) is 5.26 Å². The van der Waals surface area contributed by atoms with Crippen molar-refractivity contribution in [3.05, 3.63) is 71.0 Å². The van der Waals surface area contributed by atoms with Gasteiger partial charge in [-0.05, 0) is 28.8 Å². The Morgan fingerprint density at radius 1 is 1.07 bits per heavy atom. The van der Waals surface area contributed by atoms with E-state index in [9.17, 15) is 18.8 Å². The van der Waals surface area contributed by atoms with Gasteiger partial charge in [-0.1, -0.05) is 36.4 Å². The lowest BCUT2D eigenvalue weighted by Gasteiger charge is -2.17. The summed E-state index contributed by atoms with van der Waals surface area (Å²) < 4.78 is 22.8. The molecule has 0 aliphatic rings. The summed E-state index contributed by atoms with van der Waals surface area (Å²) in [6.45, 7) is -0.801. The van der Waals surface area contributed by atoms with Crippen LogP contribution in [0.2, 0.25) is 0 Å². The van der Waals surface area contributed by atoms with E-state index in [4.69, 9.17) is 15.7 Å². The number of rotatable bonds is 8. The predicted molar refractivity (Wildman–Crippen MR) is 103 cm³/mol. The summed E-state index contributed by atoms with van der Waals surface area (Å²) in [5.41, 5.74) is 7.34. The topological polar surface area (TPSA) is 123 Å². The molecular formula is C21H20FN3O5. The second-order valence-corrected chi connectivity index (χ2v) is 6.36. The van der Waals surface area contributed by atoms with Crippen molar-refractivity contribution in [1.29, 1.82) is 5.26 Å². The molecule has 0 saturated heterocycles. The number of carbonyl (C=O) groups is 3. The van der Waals surface area contributed by atoms with E-state index in [1.807, 2.05) is 0 Å². The van der Waals surface area contributed by atoms with Crippen LogP contribution in [-0.2, 0) is 25.7 Å². The van der Waals surface area contributed by atoms with E-state index < -0.39 is 36.3 Å². The Labute approximate surface area is 172 Å². The van der Waals surface area contributed by atoms with Crippen LogP contribution in [0.1, 0.15) is 22.6 Å². The highest BCUT2D eigenvalue weighted by Gasteiger charge is 2.20. The van der Waals surface area contributed by atoms with Gasteiger partial charge in [0.25, 0.3) is 0 Å². The van der Waals surface area contributed by atoms with Gasteiger partial charge in [-0.15, -0.1) is 0 Å². The van der Waals surface area contributed by atoms with Crippen LogP contribution >= 0.6 is 0 Å². The van der Waals surface area contributed by atoms with Crippen LogP contribution in [0.25, 0.3) is 0 Å². The highest BCUT2D eigenvalue weighted by atomic mass is 19.1. The highest BCUT2D eigenvalue weighted by molar-refractivity contribution is 5.85. The Bertz CT molecular complexity index is 939. The zero-order valence-electron chi connectivity index (χ0n) is 16.2. The van der Waals surface area contributed by atoms with E-state index in [1.54, 1.807) is 30.3 Å². The van der Waals surface area contributed by atoms with Gasteiger partial charge in [-0.25, -0.2) is 9.18 Å². The van der Waals surface area contributed by atoms with Crippen LogP contribution < -0.4 is 5.73 Å². The Kier molecular flexibility index (Phi) is 7.88. The number of nitriles is 1. The van der Waals surface area contributed by atoms with E-state index in [2.05, 4.69) is 4.74 Å². The molecule has 0 aromatic heterocycles. The third-order valence-corrected chi connectivity index (χ3v) is 4.14. The lowest BCUT2D eigenvalue weighted by atomic mass is 9.90. The minimum Gasteiger partial charge on any atom is -0.449 e. The van der Waals surface area contributed by atoms with Crippen molar-refractivity contribution in [1.82, 2.24) is 4.90 Å². The standard InChI is InChI=1S/C21H20FN3O5/c1-25(12-18(26)29-11-10-23)21(28)30-13-14-2-4-15(5-3-14)19(20(24)27)16-6-8-17(22)9-7-16/h2-9,19H,11-13H2,1H3,(H2,24,27). The van der Waals surface area contributed by atoms with Gasteiger partial charge in [0.2, 0.25) is 5.91 Å². The molecule has 2 rings (SSSR count). The van der Waals surface area contributed by atoms with Crippen molar-refractivity contribution >= 4 is 18.0 Å². The molecule has 30 heavy (non-hydrogen) atoms. The van der Waals surface area contributed by atoms with Gasteiger partial charge < -0.3 is 20.1 Å². The molecule has 1 unspecified atom stereocenters. The molecule has 0 bridgehead atoms. The SMILES string of the molecule is CN(CC(=O)OCC#N)C(=O)OCc1ccc(C(C(N)=O)c2ccc(F)cc2)cc1. The molecular weight excluding hydrogens is 393 g/mol. The van der Waals surface area contributed by atoms with Crippen molar-refractivity contribution in [2.75, 3.05) is 20.2 Å². The molecule has 9 heteroatoms. The summed E-state index contributed by atoms with van der Waals surface area (Å²) in [5.74, 6) is -2.46. The monoisotopic (exact) mass is 413 g/mol. The number of carbonyl (C=O) groups excluding carboxylic acids is 3. The Balaban J connectivity index is 1.97. The average Bonchev–Trinajstić information content (AvgIpc) is 2.72. The first-order valence-electron chi connectivity index (χ1n) is 8.86. The molecule has 156 valence electrons. The molecule has 2 amide bonds. The number of amides is 2. The van der Waals surface area contributed by atoms with Gasteiger partial charge in [0.05, 0.1) is 5.92 Å². The van der Waals surface area contributed by atoms with E-state index in [0.717, 1.165) is 4.90 Å². The number of hydrogen-bond donors (Lipinski definition) is 1. The van der Waals surface area contributed by atoms with Crippen LogP contribution in [0.15, 0.2) is 48.5 Å². The summed E-state index contributed by atoms with van der Waals surface area (Å²) in [6, 6.07) is 13.8. The molecule has 2 N–H and O–H groups in total. The highest BCUT2D eigenvalue weighted by Crippen LogP contribution is 2.25. The van der Waals surface area contributed by atoms with Crippen LogP contribution in [0.4, 0.5) is 9.18 Å². The molecule has 2 aromatic carbocycles. The number of likely N-dealkylation sites (N-methyl/N-ethyl adjacent to an activating group) is 1. The van der Waals surface area contributed by atoms with Crippen LogP contribution in [0, 0.1) is 17.1 Å². The molecule has 2 aromatic rings. The number of esters is 1. The molecule has 1 atom stereocenters. The zero-order chi connectivity index (χ0) is 22.1. The van der Waals surface area contributed by atoms with Crippen LogP contribution in [-0.4, -0.2) is 43.1 Å². The normalized spacial score (nSPS) is 11.1. The summed E-state index contributed by atoms with van der Waals surface area (Å²) in [5, 5.41) is 8.36. The van der Waals surface area contributed by atoms with Gasteiger partial charge >= 0.3 is 12.1 Å². The Morgan fingerprint density at radius 3 is 2.17 bits per heavy atom. The van der Waals surface area contributed by atoms with Gasteiger partial charge in [0.1, 0.15) is 25.0 Å². The largest absolute Gasteiger partial charge is 0.449 e. The van der Waals surface area contributed by atoms with E-state index in [-0.39, 0.29) is 13.2 Å². The first-order valence-corrected chi connectivity index (χ1v) is 8.86. The minimum absolute atomic E-state index is 0.0610. The zero-order valence-corrected chi connectivity index (χ0v) is 16.2. The first-order chi connectivity index (χ1) is 14.3. The van der Waals surface area contributed by atoms with Gasteiger partial charge in [-0.3, -0.25) is 9.59 Å². The number of nitrogens with two attached hydrogens (primary N) is 1. The number of ether oxygens (including phenoxy) is 2. The van der Waals surface area contributed by atoms with Crippen molar-refractivity contribution in [3.63, 3.8) is 0 Å². The molecule has 0 aliphatic heterocycles. The lowest BCUT2D eigenvalue weighted by molar-refractivity contribution is -0.142. The predicted octanol–water partition coefficient (Wildman–Crippen LogP) is 2.08. The van der Waals surface area contributed by atoms with Gasteiger partial charge in [0.15, 0.2) is 6.61 Å². The number of benzene rings is 2. The lowest BCUT2D eigenvalue weighted by Crippen LogP contribution is -2.33. The van der Waals surface area contributed by atoms with E-state index in [1.165, 1.54) is 31.3 Å². The fourth-order valence-corrected chi connectivity index (χ4v) is 2.65. The third kappa shape index (κ3) is 6.31. The van der Waals surface area contributed by atoms with E-state index >= 15 is 0 Å². The maximum absolute atomic E-state index is 13.1. The molecule has 0 aliphatic carbocycles. The minimum atomic E-state index is -0.743. The van der Waals surface area contributed by atoms with Crippen molar-refractivity contribution in [2.45, 2.75) is 12.5 Å². The fraction of sp³-hybridized carbons (Fsp3) is 0.238. The number of nitrogens with zero attached hydrogens (tertiary/aromatic N) is 2. The van der Waals surface area contributed by atoms with Gasteiger partial charge in [0, 0.05) is 7.05 Å². The van der Waals surface area contributed by atoms with Crippen molar-refractivity contribution < 1.29 is 28.2 Å². The average molecular weight is 413 g/mol. The molecule has 8 nitrogen and oxygen atoms in total. The van der Waals surface area contributed by atoms with Crippen LogP contribution in [0.3, 0.4) is 0 Å². The Morgan fingerprint density at radius 2 is 1.63 bits per heavy atom. The molecule has 0 radical (unpaired) electrons. The maximum Gasteiger partial charge on any atom is 0.410 e. The summed E-state index contributed by atoms with van der Waals surface area (Å²) in [6.07, 6.45) is -0.741. The summed E-state index contributed by atoms with van der Waals surface area (Å²) >= 11 is 0. The number of hydrogen-bond acceptors (Lipinski definition) is 6. The third-order valence-electron chi connectivity index (χ3n) is 4.14. The number of primary amides is 1. The number of halogens is 1. The quantitative estimate of drug-likeness (QED) is 0.661. The van der Waals surface area contributed by atoms with E-state index in [0.29, 0.717) is 16.7 Å². The van der Waals surface area contributed by atoms with Crippen LogP contribution in [0.5, 0.6) is 0 Å². The fourth-order valence-electron chi connectivity index (χ4n) is 2.65. The molecule has 0 spiro atoms. The molecule has 0 heterocycles.